The first-order chi connectivity index (χ1) is 8.83. The second-order valence-electron chi connectivity index (χ2n) is 5.09. The minimum absolute atomic E-state index is 0.376. The highest BCUT2D eigenvalue weighted by Crippen LogP contribution is 2.28. The summed E-state index contributed by atoms with van der Waals surface area (Å²) < 4.78 is 0. The Labute approximate surface area is 110 Å². The van der Waals surface area contributed by atoms with Gasteiger partial charge in [-0.25, -0.2) is 0 Å². The average molecular weight is 248 g/mol. The third-order valence-corrected chi connectivity index (χ3v) is 3.91. The molecule has 0 aromatic carbocycles. The van der Waals surface area contributed by atoms with E-state index in [-0.39, 0.29) is 0 Å². The van der Waals surface area contributed by atoms with Crippen LogP contribution in [-0.4, -0.2) is 41.0 Å². The molecule has 18 heavy (non-hydrogen) atoms. The van der Waals surface area contributed by atoms with Crippen molar-refractivity contribution in [3.63, 3.8) is 0 Å². The zero-order valence-electron chi connectivity index (χ0n) is 11.5. The molecule has 0 spiro atoms. The Bertz CT molecular complexity index is 341. The summed E-state index contributed by atoms with van der Waals surface area (Å²) in [6.07, 6.45) is 10.6. The van der Waals surface area contributed by atoms with Gasteiger partial charge in [0.1, 0.15) is 0 Å². The fourth-order valence-corrected chi connectivity index (χ4v) is 2.85. The zero-order chi connectivity index (χ0) is 12.8. The van der Waals surface area contributed by atoms with Crippen molar-refractivity contribution in [2.24, 2.45) is 0 Å². The molecule has 1 N–H and O–H groups in total. The van der Waals surface area contributed by atoms with Crippen LogP contribution in [0.4, 0.5) is 0 Å². The molecule has 0 radical (unpaired) electrons. The van der Waals surface area contributed by atoms with Gasteiger partial charge in [0.15, 0.2) is 0 Å². The lowest BCUT2D eigenvalue weighted by atomic mass is 9.96. The van der Waals surface area contributed by atoms with Gasteiger partial charge >= 0.3 is 0 Å². The summed E-state index contributed by atoms with van der Waals surface area (Å²) in [4.78, 5) is 11.2. The molecule has 0 amide bonds. The molecule has 0 aliphatic carbocycles. The van der Waals surface area contributed by atoms with E-state index in [0.717, 1.165) is 12.2 Å². The Balaban J connectivity index is 2.03. The predicted molar refractivity (Wildman–Crippen MR) is 73.3 cm³/mol. The highest BCUT2D eigenvalue weighted by molar-refractivity contribution is 5.02. The smallest absolute Gasteiger partial charge is 0.0755 e. The molecule has 1 fully saturated rings. The van der Waals surface area contributed by atoms with Crippen LogP contribution in [0.3, 0.4) is 0 Å². The zero-order valence-corrected chi connectivity index (χ0v) is 11.5. The van der Waals surface area contributed by atoms with Crippen LogP contribution < -0.4 is 5.32 Å². The van der Waals surface area contributed by atoms with Crippen LogP contribution in [-0.2, 0) is 0 Å². The minimum Gasteiger partial charge on any atom is -0.320 e. The van der Waals surface area contributed by atoms with E-state index in [4.69, 9.17) is 0 Å². The Hall–Kier alpha value is -1.00. The molecule has 1 aromatic rings. The number of hydrogen-bond donors (Lipinski definition) is 1. The van der Waals surface area contributed by atoms with Gasteiger partial charge in [0.2, 0.25) is 0 Å². The molecular formula is C14H24N4. The maximum atomic E-state index is 4.45. The quantitative estimate of drug-likeness (QED) is 0.865. The molecule has 4 nitrogen and oxygen atoms in total. The first kappa shape index (κ1) is 13.4. The highest BCUT2D eigenvalue weighted by Gasteiger charge is 2.27. The lowest BCUT2D eigenvalue weighted by molar-refractivity contribution is 0.0949. The van der Waals surface area contributed by atoms with Gasteiger partial charge in [-0.15, -0.1) is 0 Å². The van der Waals surface area contributed by atoms with Crippen LogP contribution in [0.5, 0.6) is 0 Å². The molecule has 2 heterocycles. The minimum atomic E-state index is 0.376. The van der Waals surface area contributed by atoms with Crippen molar-refractivity contribution in [2.45, 2.75) is 44.7 Å². The molecule has 2 rings (SSSR count). The van der Waals surface area contributed by atoms with Gasteiger partial charge in [-0.3, -0.25) is 14.9 Å². The standard InChI is InChI=1S/C14H24N4/c1-12(14-11-16-8-9-17-14)18-10-4-3-5-13(18)6-7-15-2/h8-9,11-13,15H,3-7,10H2,1-2H3. The van der Waals surface area contributed by atoms with Crippen LogP contribution in [0.1, 0.15) is 44.3 Å². The summed E-state index contributed by atoms with van der Waals surface area (Å²) in [5, 5.41) is 3.26. The molecule has 2 unspecified atom stereocenters. The van der Waals surface area contributed by atoms with E-state index in [1.807, 2.05) is 13.2 Å². The second kappa shape index (κ2) is 6.81. The van der Waals surface area contributed by atoms with E-state index >= 15 is 0 Å². The predicted octanol–water partition coefficient (Wildman–Crippen LogP) is 2.00. The molecule has 4 heteroatoms. The van der Waals surface area contributed by atoms with Crippen molar-refractivity contribution in [1.29, 1.82) is 0 Å². The molecule has 1 saturated heterocycles. The van der Waals surface area contributed by atoms with Crippen LogP contribution in [0.25, 0.3) is 0 Å². The SMILES string of the molecule is CNCCC1CCCCN1C(C)c1cnccn1. The van der Waals surface area contributed by atoms with Crippen molar-refractivity contribution in [2.75, 3.05) is 20.1 Å². The largest absolute Gasteiger partial charge is 0.320 e. The van der Waals surface area contributed by atoms with E-state index in [9.17, 15) is 0 Å². The molecule has 1 aliphatic heterocycles. The summed E-state index contributed by atoms with van der Waals surface area (Å²) in [6.45, 7) is 4.53. The summed E-state index contributed by atoms with van der Waals surface area (Å²) >= 11 is 0. The van der Waals surface area contributed by atoms with Gasteiger partial charge in [-0.05, 0) is 46.3 Å². The van der Waals surface area contributed by atoms with Gasteiger partial charge in [-0.2, -0.15) is 0 Å². The van der Waals surface area contributed by atoms with E-state index in [0.29, 0.717) is 12.1 Å². The van der Waals surface area contributed by atoms with Crippen molar-refractivity contribution in [3.8, 4) is 0 Å². The Morgan fingerprint density at radius 3 is 3.06 bits per heavy atom. The third kappa shape index (κ3) is 3.27. The van der Waals surface area contributed by atoms with Gasteiger partial charge in [-0.1, -0.05) is 6.42 Å². The van der Waals surface area contributed by atoms with Gasteiger partial charge in [0.05, 0.1) is 11.7 Å². The molecular weight excluding hydrogens is 224 g/mol. The van der Waals surface area contributed by atoms with Gasteiger partial charge < -0.3 is 5.32 Å². The lowest BCUT2D eigenvalue weighted by Gasteiger charge is -2.39. The van der Waals surface area contributed by atoms with Gasteiger partial charge in [0, 0.05) is 24.6 Å². The maximum Gasteiger partial charge on any atom is 0.0755 e. The van der Waals surface area contributed by atoms with E-state index < -0.39 is 0 Å². The molecule has 100 valence electrons. The molecule has 2 atom stereocenters. The van der Waals surface area contributed by atoms with Crippen molar-refractivity contribution in [3.05, 3.63) is 24.3 Å². The van der Waals surface area contributed by atoms with E-state index in [2.05, 4.69) is 27.1 Å². The molecule has 1 aliphatic rings. The number of aromatic nitrogens is 2. The number of hydrogen-bond acceptors (Lipinski definition) is 4. The van der Waals surface area contributed by atoms with Crippen molar-refractivity contribution < 1.29 is 0 Å². The fourth-order valence-electron chi connectivity index (χ4n) is 2.85. The van der Waals surface area contributed by atoms with Crippen LogP contribution >= 0.6 is 0 Å². The Kier molecular flexibility index (Phi) is 5.08. The number of piperidine rings is 1. The lowest BCUT2D eigenvalue weighted by Crippen LogP contribution is -2.42. The normalized spacial score (nSPS) is 22.9. The third-order valence-electron chi connectivity index (χ3n) is 3.91. The maximum absolute atomic E-state index is 4.45. The molecule has 0 bridgehead atoms. The van der Waals surface area contributed by atoms with Crippen LogP contribution in [0.15, 0.2) is 18.6 Å². The monoisotopic (exact) mass is 248 g/mol. The number of rotatable bonds is 5. The fraction of sp³-hybridized carbons (Fsp3) is 0.714. The van der Waals surface area contributed by atoms with Crippen LogP contribution in [0.2, 0.25) is 0 Å². The number of nitrogens with one attached hydrogen (secondary N) is 1. The summed E-state index contributed by atoms with van der Waals surface area (Å²) in [5.74, 6) is 0. The second-order valence-corrected chi connectivity index (χ2v) is 5.09. The van der Waals surface area contributed by atoms with E-state index in [1.54, 1.807) is 12.4 Å². The summed E-state index contributed by atoms with van der Waals surface area (Å²) in [6, 6.07) is 1.06. The van der Waals surface area contributed by atoms with Crippen molar-refractivity contribution in [1.82, 2.24) is 20.2 Å². The summed E-state index contributed by atoms with van der Waals surface area (Å²) in [5.41, 5.74) is 1.09. The Morgan fingerprint density at radius 2 is 2.33 bits per heavy atom. The Morgan fingerprint density at radius 1 is 1.44 bits per heavy atom. The summed E-state index contributed by atoms with van der Waals surface area (Å²) in [7, 11) is 2.03. The number of likely N-dealkylation sites (tertiary alicyclic amines) is 1. The first-order valence-corrected chi connectivity index (χ1v) is 6.99. The van der Waals surface area contributed by atoms with E-state index in [1.165, 1.54) is 32.2 Å². The molecule has 1 aromatic heterocycles. The highest BCUT2D eigenvalue weighted by atomic mass is 15.2. The topological polar surface area (TPSA) is 41.0 Å². The average Bonchev–Trinajstić information content (AvgIpc) is 2.45. The van der Waals surface area contributed by atoms with Crippen LogP contribution in [0, 0.1) is 0 Å². The first-order valence-electron chi connectivity index (χ1n) is 6.99. The van der Waals surface area contributed by atoms with Gasteiger partial charge in [0.25, 0.3) is 0 Å². The van der Waals surface area contributed by atoms with Crippen molar-refractivity contribution >= 4 is 0 Å². The number of nitrogens with zero attached hydrogens (tertiary/aromatic N) is 3. The molecule has 0 saturated carbocycles.